The molecule has 0 amide bonds. The fraction of sp³-hybridized carbons (Fsp3) is 0.500. The van der Waals surface area contributed by atoms with Crippen LogP contribution in [-0.4, -0.2) is 28.1 Å². The van der Waals surface area contributed by atoms with Gasteiger partial charge in [-0.1, -0.05) is 12.8 Å². The Morgan fingerprint density at radius 3 is 2.95 bits per heavy atom. The first-order chi connectivity index (χ1) is 9.73. The van der Waals surface area contributed by atoms with Gasteiger partial charge in [0.2, 0.25) is 5.62 Å². The van der Waals surface area contributed by atoms with E-state index < -0.39 is 0 Å². The van der Waals surface area contributed by atoms with Gasteiger partial charge in [-0.25, -0.2) is 4.98 Å². The summed E-state index contributed by atoms with van der Waals surface area (Å²) in [6, 6.07) is 2.08. The van der Waals surface area contributed by atoms with Crippen molar-refractivity contribution in [2.45, 2.75) is 31.2 Å². The van der Waals surface area contributed by atoms with Crippen LogP contribution in [0.5, 0.6) is 0 Å². The summed E-state index contributed by atoms with van der Waals surface area (Å²) in [5.74, 6) is 2.13. The highest BCUT2D eigenvalue weighted by molar-refractivity contribution is 9.10. The van der Waals surface area contributed by atoms with E-state index in [0.717, 1.165) is 28.2 Å². The van der Waals surface area contributed by atoms with E-state index in [1.165, 1.54) is 25.7 Å². The third-order valence-corrected chi connectivity index (χ3v) is 5.13. The second kappa shape index (κ2) is 4.28. The van der Waals surface area contributed by atoms with Crippen LogP contribution in [-0.2, 0) is 5.54 Å². The number of rotatable bonds is 0. The SMILES string of the molecule is CN=c1ncc2cc(Br)c3n(c-2n1)C1(CCCC1)CN3. The largest absolute Gasteiger partial charge is 0.368 e. The van der Waals surface area contributed by atoms with E-state index in [0.29, 0.717) is 5.62 Å². The predicted octanol–water partition coefficient (Wildman–Crippen LogP) is 2.37. The van der Waals surface area contributed by atoms with Gasteiger partial charge in [0.1, 0.15) is 11.6 Å². The first-order valence-corrected chi connectivity index (χ1v) is 7.78. The minimum Gasteiger partial charge on any atom is -0.368 e. The predicted molar refractivity (Wildman–Crippen MR) is 80.8 cm³/mol. The van der Waals surface area contributed by atoms with Gasteiger partial charge in [-0.05, 0) is 34.8 Å². The van der Waals surface area contributed by atoms with Crippen LogP contribution in [0.25, 0.3) is 11.4 Å². The van der Waals surface area contributed by atoms with Crippen LogP contribution in [0.1, 0.15) is 25.7 Å². The minimum atomic E-state index is 0.177. The number of halogens is 1. The molecule has 0 unspecified atom stereocenters. The third-order valence-electron chi connectivity index (χ3n) is 4.52. The van der Waals surface area contributed by atoms with Gasteiger partial charge in [-0.3, -0.25) is 4.99 Å². The molecule has 0 radical (unpaired) electrons. The van der Waals surface area contributed by atoms with Crippen molar-refractivity contribution in [3.8, 4) is 11.4 Å². The lowest BCUT2D eigenvalue weighted by molar-refractivity contribution is 0.344. The lowest BCUT2D eigenvalue weighted by Crippen LogP contribution is -2.33. The zero-order valence-electron chi connectivity index (χ0n) is 11.4. The molecule has 4 aliphatic rings. The number of hydrogen-bond acceptors (Lipinski definition) is 4. The normalized spacial score (nSPS) is 20.6. The zero-order valence-corrected chi connectivity index (χ0v) is 12.9. The minimum absolute atomic E-state index is 0.177. The van der Waals surface area contributed by atoms with Crippen molar-refractivity contribution in [1.29, 1.82) is 0 Å². The number of hydrogen-bond donors (Lipinski definition) is 1. The maximum Gasteiger partial charge on any atom is 0.246 e. The summed E-state index contributed by atoms with van der Waals surface area (Å²) >= 11 is 3.67. The van der Waals surface area contributed by atoms with Gasteiger partial charge in [0, 0.05) is 25.4 Å². The molecule has 20 heavy (non-hydrogen) atoms. The van der Waals surface area contributed by atoms with Crippen LogP contribution in [0.2, 0.25) is 0 Å². The molecule has 5 nitrogen and oxygen atoms in total. The molecule has 1 N–H and O–H groups in total. The highest BCUT2D eigenvalue weighted by atomic mass is 79.9. The maximum absolute atomic E-state index is 4.65. The molecule has 0 aromatic carbocycles. The second-order valence-corrected chi connectivity index (χ2v) is 6.49. The Morgan fingerprint density at radius 2 is 2.20 bits per heavy atom. The fourth-order valence-electron chi connectivity index (χ4n) is 3.57. The molecular weight excluding hydrogens is 318 g/mol. The Morgan fingerprint density at radius 1 is 1.40 bits per heavy atom. The molecule has 3 heterocycles. The number of pyridine rings is 1. The second-order valence-electron chi connectivity index (χ2n) is 5.63. The molecule has 0 atom stereocenters. The number of nitrogens with zero attached hydrogens (tertiary/aromatic N) is 4. The van der Waals surface area contributed by atoms with Gasteiger partial charge in [-0.15, -0.1) is 0 Å². The molecular formula is C14H16BrN5. The van der Waals surface area contributed by atoms with Gasteiger partial charge in [-0.2, -0.15) is 4.98 Å². The van der Waals surface area contributed by atoms with E-state index in [1.54, 1.807) is 7.05 Å². The molecule has 1 fully saturated rings. The molecule has 0 aromatic heterocycles. The van der Waals surface area contributed by atoms with Crippen molar-refractivity contribution in [3.05, 3.63) is 22.4 Å². The van der Waals surface area contributed by atoms with E-state index in [-0.39, 0.29) is 5.54 Å². The maximum atomic E-state index is 4.65. The first kappa shape index (κ1) is 12.3. The molecule has 1 spiro atoms. The summed E-state index contributed by atoms with van der Waals surface area (Å²) in [6.07, 6.45) is 6.87. The Kier molecular flexibility index (Phi) is 2.64. The molecule has 3 aliphatic heterocycles. The van der Waals surface area contributed by atoms with Crippen molar-refractivity contribution in [3.63, 3.8) is 0 Å². The van der Waals surface area contributed by atoms with E-state index in [2.05, 4.69) is 46.8 Å². The average molecular weight is 334 g/mol. The molecule has 0 bridgehead atoms. The summed E-state index contributed by atoms with van der Waals surface area (Å²) in [7, 11) is 1.73. The van der Waals surface area contributed by atoms with Gasteiger partial charge in [0.15, 0.2) is 0 Å². The molecule has 1 aliphatic carbocycles. The van der Waals surface area contributed by atoms with Crippen molar-refractivity contribution in [2.24, 2.45) is 4.99 Å². The highest BCUT2D eigenvalue weighted by Crippen LogP contribution is 2.47. The van der Waals surface area contributed by atoms with Crippen molar-refractivity contribution >= 4 is 21.7 Å². The van der Waals surface area contributed by atoms with Crippen LogP contribution in [0.4, 0.5) is 5.82 Å². The molecule has 0 aromatic rings. The molecule has 104 valence electrons. The fourth-order valence-corrected chi connectivity index (χ4v) is 4.13. The lowest BCUT2D eigenvalue weighted by Gasteiger charge is -2.28. The van der Waals surface area contributed by atoms with Crippen LogP contribution >= 0.6 is 15.9 Å². The standard InChI is InChI=1S/C14H16BrN5/c1-16-13-17-7-9-6-10(15)12-18-8-14(4-2-3-5-14)20(12)11(9)19-13/h6-7,18H,2-5,8H2,1H3. The summed E-state index contributed by atoms with van der Waals surface area (Å²) in [6.45, 7) is 0.993. The summed E-state index contributed by atoms with van der Waals surface area (Å²) in [5.41, 5.74) is 1.79. The molecule has 4 rings (SSSR count). The number of nitrogens with one attached hydrogen (secondary N) is 1. The van der Waals surface area contributed by atoms with Crippen LogP contribution < -0.4 is 10.9 Å². The van der Waals surface area contributed by atoms with E-state index >= 15 is 0 Å². The first-order valence-electron chi connectivity index (χ1n) is 6.99. The Balaban J connectivity index is 2.08. The Labute approximate surface area is 125 Å². The molecule has 1 saturated carbocycles. The summed E-state index contributed by atoms with van der Waals surface area (Å²) < 4.78 is 3.47. The zero-order chi connectivity index (χ0) is 13.7. The van der Waals surface area contributed by atoms with Crippen molar-refractivity contribution in [2.75, 3.05) is 18.9 Å². The van der Waals surface area contributed by atoms with Gasteiger partial charge in [0.05, 0.1) is 10.0 Å². The van der Waals surface area contributed by atoms with Crippen LogP contribution in [0.15, 0.2) is 21.7 Å². The van der Waals surface area contributed by atoms with Crippen LogP contribution in [0, 0.1) is 0 Å². The highest BCUT2D eigenvalue weighted by Gasteiger charge is 2.43. The third kappa shape index (κ3) is 1.57. The Bertz CT molecular complexity index is 714. The summed E-state index contributed by atoms with van der Waals surface area (Å²) in [5, 5.41) is 3.56. The Hall–Kier alpha value is -1.43. The van der Waals surface area contributed by atoms with Gasteiger partial charge in [0.25, 0.3) is 0 Å². The smallest absolute Gasteiger partial charge is 0.246 e. The quantitative estimate of drug-likeness (QED) is 0.805. The number of anilines is 1. The molecule has 6 heteroatoms. The van der Waals surface area contributed by atoms with Gasteiger partial charge >= 0.3 is 0 Å². The van der Waals surface area contributed by atoms with E-state index in [1.807, 2.05) is 6.20 Å². The van der Waals surface area contributed by atoms with Crippen LogP contribution in [0.3, 0.4) is 0 Å². The summed E-state index contributed by atoms with van der Waals surface area (Å²) in [4.78, 5) is 13.0. The van der Waals surface area contributed by atoms with Crippen molar-refractivity contribution < 1.29 is 0 Å². The monoisotopic (exact) mass is 333 g/mol. The number of aromatic nitrogens is 3. The molecule has 0 saturated heterocycles. The topological polar surface area (TPSA) is 55.1 Å². The average Bonchev–Trinajstić information content (AvgIpc) is 3.08. The van der Waals surface area contributed by atoms with Gasteiger partial charge < -0.3 is 9.88 Å². The van der Waals surface area contributed by atoms with E-state index in [4.69, 9.17) is 0 Å². The van der Waals surface area contributed by atoms with Crippen molar-refractivity contribution in [1.82, 2.24) is 14.5 Å². The van der Waals surface area contributed by atoms with E-state index in [9.17, 15) is 0 Å². The lowest BCUT2D eigenvalue weighted by atomic mass is 9.97. The number of fused-ring (bicyclic) bond motifs is 4.